The Morgan fingerprint density at radius 1 is 1.17 bits per heavy atom. The molecule has 0 atom stereocenters. The number of rotatable bonds is 3. The molecule has 18 heavy (non-hydrogen) atoms. The normalized spacial score (nSPS) is 10.7. The van der Waals surface area contributed by atoms with Gasteiger partial charge in [0.25, 0.3) is 5.95 Å². The molecule has 0 fully saturated rings. The van der Waals surface area contributed by atoms with E-state index in [1.54, 1.807) is 0 Å². The Morgan fingerprint density at radius 2 is 1.78 bits per heavy atom. The van der Waals surface area contributed by atoms with Gasteiger partial charge in [-0.3, -0.25) is 0 Å². The van der Waals surface area contributed by atoms with Crippen LogP contribution in [-0.2, 0) is 6.42 Å². The fourth-order valence-corrected chi connectivity index (χ4v) is 2.11. The van der Waals surface area contributed by atoms with Crippen LogP contribution in [0.1, 0.15) is 28.3 Å². The molecule has 4 nitrogen and oxygen atoms in total. The summed E-state index contributed by atoms with van der Waals surface area (Å²) in [6, 6.07) is 1.96. The minimum absolute atomic E-state index is 0.642. The van der Waals surface area contributed by atoms with Gasteiger partial charge in [-0.15, -0.1) is 6.58 Å². The highest BCUT2D eigenvalue weighted by Gasteiger charge is 2.13. The van der Waals surface area contributed by atoms with E-state index in [1.165, 1.54) is 5.56 Å². The second kappa shape index (κ2) is 4.72. The van der Waals surface area contributed by atoms with E-state index in [9.17, 15) is 0 Å². The first kappa shape index (κ1) is 12.5. The van der Waals surface area contributed by atoms with Crippen molar-refractivity contribution in [2.24, 2.45) is 0 Å². The Bertz CT molecular complexity index is 576. The molecule has 0 aliphatic heterocycles. The summed E-state index contributed by atoms with van der Waals surface area (Å²) in [7, 11) is 0. The van der Waals surface area contributed by atoms with Crippen molar-refractivity contribution >= 4 is 0 Å². The Balaban J connectivity index is 2.57. The van der Waals surface area contributed by atoms with E-state index in [2.05, 4.69) is 21.6 Å². The third-order valence-corrected chi connectivity index (χ3v) is 2.95. The zero-order valence-corrected chi connectivity index (χ0v) is 11.4. The van der Waals surface area contributed by atoms with Crippen LogP contribution in [0.3, 0.4) is 0 Å². The first-order chi connectivity index (χ1) is 8.52. The van der Waals surface area contributed by atoms with Crippen LogP contribution in [0.5, 0.6) is 0 Å². The van der Waals surface area contributed by atoms with E-state index >= 15 is 0 Å². The number of aryl methyl sites for hydroxylation is 3. The highest BCUT2D eigenvalue weighted by Crippen LogP contribution is 2.17. The van der Waals surface area contributed by atoms with Gasteiger partial charge < -0.3 is 0 Å². The quantitative estimate of drug-likeness (QED) is 0.777. The summed E-state index contributed by atoms with van der Waals surface area (Å²) in [5, 5.41) is 4.53. The second-order valence-electron chi connectivity index (χ2n) is 4.50. The Morgan fingerprint density at radius 3 is 2.33 bits per heavy atom. The van der Waals surface area contributed by atoms with Crippen LogP contribution in [0, 0.1) is 27.7 Å². The van der Waals surface area contributed by atoms with E-state index in [4.69, 9.17) is 0 Å². The third kappa shape index (κ3) is 2.18. The number of nitrogens with zero attached hydrogens (tertiary/aromatic N) is 4. The molecule has 94 valence electrons. The number of hydrogen-bond acceptors (Lipinski definition) is 3. The fraction of sp³-hybridized carbons (Fsp3) is 0.357. The first-order valence-corrected chi connectivity index (χ1v) is 6.01. The van der Waals surface area contributed by atoms with Gasteiger partial charge in [-0.05, 0) is 40.2 Å². The molecule has 0 bridgehead atoms. The van der Waals surface area contributed by atoms with Gasteiger partial charge in [-0.2, -0.15) is 5.10 Å². The van der Waals surface area contributed by atoms with Crippen LogP contribution in [-0.4, -0.2) is 19.7 Å². The smallest absolute Gasteiger partial charge is 0.216 e. The maximum Gasteiger partial charge on any atom is 0.251 e. The van der Waals surface area contributed by atoms with E-state index in [0.29, 0.717) is 5.95 Å². The van der Waals surface area contributed by atoms with Crippen LogP contribution in [0.25, 0.3) is 5.95 Å². The third-order valence-electron chi connectivity index (χ3n) is 2.95. The predicted octanol–water partition coefficient (Wildman–Crippen LogP) is 2.62. The lowest BCUT2D eigenvalue weighted by Gasteiger charge is -2.05. The van der Waals surface area contributed by atoms with Crippen LogP contribution >= 0.6 is 0 Å². The average Bonchev–Trinajstić information content (AvgIpc) is 2.56. The summed E-state index contributed by atoms with van der Waals surface area (Å²) in [5.41, 5.74) is 5.20. The summed E-state index contributed by atoms with van der Waals surface area (Å²) in [4.78, 5) is 8.89. The molecule has 0 aliphatic carbocycles. The topological polar surface area (TPSA) is 43.6 Å². The van der Waals surface area contributed by atoms with Crippen molar-refractivity contribution in [3.63, 3.8) is 0 Å². The number of allylic oxidation sites excluding steroid dienone is 1. The molecule has 2 aromatic rings. The maximum absolute atomic E-state index is 4.53. The molecule has 0 saturated carbocycles. The molecular weight excluding hydrogens is 224 g/mol. The van der Waals surface area contributed by atoms with Gasteiger partial charge in [-0.25, -0.2) is 14.6 Å². The van der Waals surface area contributed by atoms with Gasteiger partial charge in [0.05, 0.1) is 5.69 Å². The standard InChI is InChI=1S/C14H18N4/c1-6-7-13-11(4)17-18(12(13)5)14-15-9(2)8-10(3)16-14/h6,8H,1,7H2,2-5H3. The molecule has 0 spiro atoms. The molecule has 0 N–H and O–H groups in total. The van der Waals surface area contributed by atoms with E-state index in [0.717, 1.165) is 29.2 Å². The van der Waals surface area contributed by atoms with Crippen molar-refractivity contribution in [1.29, 1.82) is 0 Å². The van der Waals surface area contributed by atoms with E-state index in [-0.39, 0.29) is 0 Å². The molecule has 0 unspecified atom stereocenters. The summed E-state index contributed by atoms with van der Waals surface area (Å²) in [6.45, 7) is 11.8. The van der Waals surface area contributed by atoms with Crippen LogP contribution < -0.4 is 0 Å². The molecule has 2 heterocycles. The molecule has 0 aromatic carbocycles. The van der Waals surface area contributed by atoms with Gasteiger partial charge in [-0.1, -0.05) is 6.08 Å². The zero-order chi connectivity index (χ0) is 13.3. The SMILES string of the molecule is C=CCc1c(C)nn(-c2nc(C)cc(C)n2)c1C. The highest BCUT2D eigenvalue weighted by molar-refractivity contribution is 5.31. The molecule has 2 rings (SSSR count). The van der Waals surface area contributed by atoms with E-state index in [1.807, 2.05) is 44.5 Å². The lowest BCUT2D eigenvalue weighted by molar-refractivity contribution is 0.762. The van der Waals surface area contributed by atoms with Gasteiger partial charge >= 0.3 is 0 Å². The highest BCUT2D eigenvalue weighted by atomic mass is 15.4. The van der Waals surface area contributed by atoms with Crippen molar-refractivity contribution in [3.05, 3.63) is 47.1 Å². The largest absolute Gasteiger partial charge is 0.251 e. The van der Waals surface area contributed by atoms with E-state index < -0.39 is 0 Å². The van der Waals surface area contributed by atoms with Gasteiger partial charge in [0.2, 0.25) is 0 Å². The summed E-state index contributed by atoms with van der Waals surface area (Å²) in [5.74, 6) is 0.642. The van der Waals surface area contributed by atoms with Crippen LogP contribution in [0.15, 0.2) is 18.7 Å². The van der Waals surface area contributed by atoms with Crippen LogP contribution in [0.2, 0.25) is 0 Å². The van der Waals surface area contributed by atoms with Crippen molar-refractivity contribution in [3.8, 4) is 5.95 Å². The predicted molar refractivity (Wildman–Crippen MR) is 72.0 cm³/mol. The monoisotopic (exact) mass is 242 g/mol. The van der Waals surface area contributed by atoms with Gasteiger partial charge in [0, 0.05) is 22.6 Å². The Labute approximate surface area is 107 Å². The Kier molecular flexibility index (Phi) is 3.28. The molecule has 2 aromatic heterocycles. The summed E-state index contributed by atoms with van der Waals surface area (Å²) in [6.07, 6.45) is 2.71. The molecule has 0 radical (unpaired) electrons. The lowest BCUT2D eigenvalue weighted by Crippen LogP contribution is -2.07. The zero-order valence-electron chi connectivity index (χ0n) is 11.4. The number of aromatic nitrogens is 4. The van der Waals surface area contributed by atoms with Gasteiger partial charge in [0.15, 0.2) is 0 Å². The first-order valence-electron chi connectivity index (χ1n) is 6.01. The van der Waals surface area contributed by atoms with Crippen molar-refractivity contribution < 1.29 is 0 Å². The molecule has 0 amide bonds. The average molecular weight is 242 g/mol. The molecule has 4 heteroatoms. The van der Waals surface area contributed by atoms with Gasteiger partial charge in [0.1, 0.15) is 0 Å². The van der Waals surface area contributed by atoms with Crippen molar-refractivity contribution in [1.82, 2.24) is 19.7 Å². The minimum atomic E-state index is 0.642. The second-order valence-corrected chi connectivity index (χ2v) is 4.50. The summed E-state index contributed by atoms with van der Waals surface area (Å²) < 4.78 is 1.81. The fourth-order valence-electron chi connectivity index (χ4n) is 2.11. The van der Waals surface area contributed by atoms with Crippen molar-refractivity contribution in [2.45, 2.75) is 34.1 Å². The molecule has 0 saturated heterocycles. The van der Waals surface area contributed by atoms with Crippen LogP contribution in [0.4, 0.5) is 0 Å². The minimum Gasteiger partial charge on any atom is -0.216 e. The Hall–Kier alpha value is -1.97. The maximum atomic E-state index is 4.53. The number of hydrogen-bond donors (Lipinski definition) is 0. The van der Waals surface area contributed by atoms with Crippen molar-refractivity contribution in [2.75, 3.05) is 0 Å². The molecule has 0 aliphatic rings. The summed E-state index contributed by atoms with van der Waals surface area (Å²) >= 11 is 0. The molecular formula is C14H18N4. The lowest BCUT2D eigenvalue weighted by atomic mass is 10.1.